The SMILES string of the molecule is Cc1cccc2[nH]c(-c3ccc(-c4ccc(CN5CCCC(N)C5)cc4)cc3)nc12.O=C(O)C(F)(F)F. The third-order valence-corrected chi connectivity index (χ3v) is 6.35. The highest BCUT2D eigenvalue weighted by atomic mass is 19.4. The number of hydrogen-bond donors (Lipinski definition) is 3. The third kappa shape index (κ3) is 6.75. The summed E-state index contributed by atoms with van der Waals surface area (Å²) in [6, 6.07) is 24.1. The number of fused-ring (bicyclic) bond motifs is 1. The maximum atomic E-state index is 10.6. The first kappa shape index (κ1) is 26.4. The Bertz CT molecular complexity index is 1350. The van der Waals surface area contributed by atoms with E-state index in [1.807, 2.05) is 0 Å². The zero-order chi connectivity index (χ0) is 26.6. The molecule has 4 N–H and O–H groups in total. The van der Waals surface area contributed by atoms with E-state index in [0.29, 0.717) is 6.04 Å². The number of hydrogen-bond acceptors (Lipinski definition) is 4. The van der Waals surface area contributed by atoms with Crippen molar-refractivity contribution in [1.82, 2.24) is 14.9 Å². The molecule has 37 heavy (non-hydrogen) atoms. The molecular weight excluding hydrogens is 481 g/mol. The number of alkyl halides is 3. The van der Waals surface area contributed by atoms with Crippen LogP contribution in [0.4, 0.5) is 13.2 Å². The Morgan fingerprint density at radius 3 is 2.22 bits per heavy atom. The van der Waals surface area contributed by atoms with Gasteiger partial charge in [-0.1, -0.05) is 60.7 Å². The summed E-state index contributed by atoms with van der Waals surface area (Å²) in [5, 5.41) is 7.12. The number of nitrogens with two attached hydrogens (primary N) is 1. The van der Waals surface area contributed by atoms with E-state index < -0.39 is 12.1 Å². The van der Waals surface area contributed by atoms with Crippen molar-refractivity contribution in [1.29, 1.82) is 0 Å². The summed E-state index contributed by atoms with van der Waals surface area (Å²) in [5.74, 6) is -1.84. The highest BCUT2D eigenvalue weighted by molar-refractivity contribution is 5.82. The van der Waals surface area contributed by atoms with Gasteiger partial charge in [0.15, 0.2) is 0 Å². The predicted octanol–water partition coefficient (Wildman–Crippen LogP) is 5.76. The van der Waals surface area contributed by atoms with Gasteiger partial charge in [0.05, 0.1) is 11.0 Å². The zero-order valence-corrected chi connectivity index (χ0v) is 20.4. The number of rotatable bonds is 4. The number of para-hydroxylation sites is 1. The quantitative estimate of drug-likeness (QED) is 0.324. The number of nitrogens with zero attached hydrogens (tertiary/aromatic N) is 2. The minimum Gasteiger partial charge on any atom is -0.475 e. The molecule has 5 rings (SSSR count). The zero-order valence-electron chi connectivity index (χ0n) is 20.4. The maximum Gasteiger partial charge on any atom is 0.490 e. The number of likely N-dealkylation sites (tertiary alicyclic amines) is 1. The number of carboxylic acid groups (broad SMARTS) is 1. The molecule has 3 aromatic carbocycles. The molecule has 0 saturated carbocycles. The number of H-pyrrole nitrogens is 1. The molecule has 0 spiro atoms. The second-order valence-corrected chi connectivity index (χ2v) is 9.27. The molecule has 1 aliphatic rings. The Morgan fingerprint density at radius 1 is 1.05 bits per heavy atom. The molecule has 1 atom stereocenters. The lowest BCUT2D eigenvalue weighted by Crippen LogP contribution is -2.42. The summed E-state index contributed by atoms with van der Waals surface area (Å²) < 4.78 is 31.7. The summed E-state index contributed by atoms with van der Waals surface area (Å²) in [5.41, 5.74) is 14.3. The van der Waals surface area contributed by atoms with Crippen LogP contribution < -0.4 is 5.73 Å². The number of nitrogens with one attached hydrogen (secondary N) is 1. The molecular formula is C28H29F3N4O2. The largest absolute Gasteiger partial charge is 0.490 e. The van der Waals surface area contributed by atoms with Crippen LogP contribution in [0, 0.1) is 6.92 Å². The van der Waals surface area contributed by atoms with Crippen molar-refractivity contribution < 1.29 is 23.1 Å². The van der Waals surface area contributed by atoms with Gasteiger partial charge in [0, 0.05) is 24.7 Å². The molecule has 194 valence electrons. The molecule has 1 aliphatic heterocycles. The van der Waals surface area contributed by atoms with E-state index in [-0.39, 0.29) is 0 Å². The number of aromatic nitrogens is 2. The fraction of sp³-hybridized carbons (Fsp3) is 0.286. The van der Waals surface area contributed by atoms with Crippen molar-refractivity contribution in [2.75, 3.05) is 13.1 Å². The predicted molar refractivity (Wildman–Crippen MR) is 138 cm³/mol. The summed E-state index contributed by atoms with van der Waals surface area (Å²) >= 11 is 0. The van der Waals surface area contributed by atoms with Crippen LogP contribution >= 0.6 is 0 Å². The van der Waals surface area contributed by atoms with Gasteiger partial charge in [0.1, 0.15) is 5.82 Å². The van der Waals surface area contributed by atoms with E-state index in [0.717, 1.165) is 48.5 Å². The minimum atomic E-state index is -5.08. The van der Waals surface area contributed by atoms with Crippen molar-refractivity contribution in [3.05, 3.63) is 77.9 Å². The molecule has 0 aliphatic carbocycles. The highest BCUT2D eigenvalue weighted by Crippen LogP contribution is 2.26. The number of aromatic amines is 1. The van der Waals surface area contributed by atoms with Crippen LogP contribution in [0.5, 0.6) is 0 Å². The Kier molecular flexibility index (Phi) is 7.94. The first-order valence-corrected chi connectivity index (χ1v) is 12.0. The van der Waals surface area contributed by atoms with E-state index in [4.69, 9.17) is 20.6 Å². The van der Waals surface area contributed by atoms with Crippen LogP contribution in [0.2, 0.25) is 0 Å². The van der Waals surface area contributed by atoms with Gasteiger partial charge in [-0.15, -0.1) is 0 Å². The van der Waals surface area contributed by atoms with E-state index in [2.05, 4.69) is 83.5 Å². The number of piperidine rings is 1. The summed E-state index contributed by atoms with van der Waals surface area (Å²) in [7, 11) is 0. The fourth-order valence-corrected chi connectivity index (χ4v) is 4.43. The lowest BCUT2D eigenvalue weighted by atomic mass is 10.0. The van der Waals surface area contributed by atoms with Crippen molar-refractivity contribution in [3.8, 4) is 22.5 Å². The number of carboxylic acids is 1. The lowest BCUT2D eigenvalue weighted by Gasteiger charge is -2.30. The van der Waals surface area contributed by atoms with E-state index >= 15 is 0 Å². The Morgan fingerprint density at radius 2 is 1.65 bits per heavy atom. The molecule has 6 nitrogen and oxygen atoms in total. The van der Waals surface area contributed by atoms with Crippen LogP contribution in [0.1, 0.15) is 24.0 Å². The van der Waals surface area contributed by atoms with Crippen molar-refractivity contribution in [2.24, 2.45) is 5.73 Å². The number of imidazole rings is 1. The van der Waals surface area contributed by atoms with Gasteiger partial charge in [-0.2, -0.15) is 13.2 Å². The normalized spacial score (nSPS) is 16.3. The highest BCUT2D eigenvalue weighted by Gasteiger charge is 2.38. The van der Waals surface area contributed by atoms with Crippen LogP contribution in [0.25, 0.3) is 33.5 Å². The van der Waals surface area contributed by atoms with E-state index in [9.17, 15) is 13.2 Å². The van der Waals surface area contributed by atoms with Gasteiger partial charge in [-0.25, -0.2) is 9.78 Å². The minimum absolute atomic E-state index is 0.326. The van der Waals surface area contributed by atoms with Gasteiger partial charge >= 0.3 is 12.1 Å². The van der Waals surface area contributed by atoms with Gasteiger partial charge < -0.3 is 15.8 Å². The first-order valence-electron chi connectivity index (χ1n) is 12.0. The van der Waals surface area contributed by atoms with Gasteiger partial charge in [0.25, 0.3) is 0 Å². The third-order valence-electron chi connectivity index (χ3n) is 6.35. The second kappa shape index (κ2) is 11.1. The summed E-state index contributed by atoms with van der Waals surface area (Å²) in [6.45, 7) is 5.24. The van der Waals surface area contributed by atoms with Gasteiger partial charge in [-0.05, 0) is 54.6 Å². The van der Waals surface area contributed by atoms with Crippen LogP contribution in [0.3, 0.4) is 0 Å². The Hall–Kier alpha value is -3.69. The molecule has 4 aromatic rings. The molecule has 1 fully saturated rings. The van der Waals surface area contributed by atoms with Crippen molar-refractivity contribution in [2.45, 2.75) is 38.5 Å². The topological polar surface area (TPSA) is 95.2 Å². The van der Waals surface area contributed by atoms with Crippen LogP contribution in [-0.2, 0) is 11.3 Å². The molecule has 1 unspecified atom stereocenters. The average molecular weight is 511 g/mol. The Balaban J connectivity index is 0.000000405. The van der Waals surface area contributed by atoms with Crippen molar-refractivity contribution in [3.63, 3.8) is 0 Å². The molecule has 1 saturated heterocycles. The van der Waals surface area contributed by atoms with Crippen LogP contribution in [0.15, 0.2) is 66.7 Å². The van der Waals surface area contributed by atoms with E-state index in [1.54, 1.807) is 0 Å². The van der Waals surface area contributed by atoms with Crippen molar-refractivity contribution >= 4 is 17.0 Å². The standard InChI is InChI=1S/C26H28N4.C2HF3O2/c1-18-4-2-6-24-25(18)29-26(28-24)22-13-11-21(12-14-22)20-9-7-19(8-10-20)16-30-15-3-5-23(27)17-30;3-2(4,5)1(6)7/h2,4,6-14,23H,3,5,15-17,27H2,1H3,(H,28,29);(H,6,7). The summed E-state index contributed by atoms with van der Waals surface area (Å²) in [6.07, 6.45) is -2.73. The smallest absolute Gasteiger partial charge is 0.475 e. The first-order chi connectivity index (χ1) is 17.6. The Labute approximate surface area is 212 Å². The number of aryl methyl sites for hydroxylation is 1. The van der Waals surface area contributed by atoms with E-state index in [1.165, 1.54) is 28.7 Å². The number of halogens is 3. The van der Waals surface area contributed by atoms with Gasteiger partial charge in [-0.3, -0.25) is 4.90 Å². The monoisotopic (exact) mass is 510 g/mol. The number of benzene rings is 3. The molecule has 0 amide bonds. The maximum absolute atomic E-state index is 10.6. The molecule has 9 heteroatoms. The van der Waals surface area contributed by atoms with Crippen LogP contribution in [-0.4, -0.2) is 51.3 Å². The molecule has 2 heterocycles. The molecule has 1 aromatic heterocycles. The number of aliphatic carboxylic acids is 1. The fourth-order valence-electron chi connectivity index (χ4n) is 4.43. The summed E-state index contributed by atoms with van der Waals surface area (Å²) in [4.78, 5) is 19.6. The second-order valence-electron chi connectivity index (χ2n) is 9.27. The molecule has 0 radical (unpaired) electrons. The lowest BCUT2D eigenvalue weighted by molar-refractivity contribution is -0.192. The molecule has 0 bridgehead atoms. The number of carbonyl (C=O) groups is 1. The van der Waals surface area contributed by atoms with Gasteiger partial charge in [0.2, 0.25) is 0 Å². The average Bonchev–Trinajstić information content (AvgIpc) is 3.30.